The average molecular weight is 201 g/mol. The highest BCUT2D eigenvalue weighted by molar-refractivity contribution is 5.27. The Morgan fingerprint density at radius 1 is 1.36 bits per heavy atom. The lowest BCUT2D eigenvalue weighted by Gasteiger charge is -2.13. The van der Waals surface area contributed by atoms with Gasteiger partial charge >= 0.3 is 0 Å². The van der Waals surface area contributed by atoms with Gasteiger partial charge in [0.2, 0.25) is 0 Å². The minimum Gasteiger partial charge on any atom is -0.394 e. The topological polar surface area (TPSA) is 46.2 Å². The summed E-state index contributed by atoms with van der Waals surface area (Å²) in [5.74, 6) is -2.83. The van der Waals surface area contributed by atoms with E-state index in [1.54, 1.807) is 0 Å². The second kappa shape index (κ2) is 4.02. The maximum absolute atomic E-state index is 12.8. The Morgan fingerprint density at radius 3 is 2.21 bits per heavy atom. The Kier molecular flexibility index (Phi) is 3.18. The minimum atomic E-state index is -2.83. The molecule has 0 heterocycles. The van der Waals surface area contributed by atoms with Gasteiger partial charge < -0.3 is 10.8 Å². The summed E-state index contributed by atoms with van der Waals surface area (Å²) in [6, 6.07) is 5.16. The van der Waals surface area contributed by atoms with Crippen LogP contribution in [0.4, 0.5) is 8.78 Å². The molecule has 0 aromatic heterocycles. The summed E-state index contributed by atoms with van der Waals surface area (Å²) in [5, 5.41) is 8.74. The standard InChI is InChI=1S/C10H13F2NO/c1-10(11,12)8-4-2-7(3-5-8)9(13)6-14/h2-5,9,14H,6,13H2,1H3. The molecule has 1 aromatic carbocycles. The summed E-state index contributed by atoms with van der Waals surface area (Å²) in [6.07, 6.45) is 0. The molecule has 4 heteroatoms. The van der Waals surface area contributed by atoms with Gasteiger partial charge in [0.15, 0.2) is 0 Å². The van der Waals surface area contributed by atoms with Gasteiger partial charge in [-0.3, -0.25) is 0 Å². The van der Waals surface area contributed by atoms with Gasteiger partial charge in [-0.2, -0.15) is 0 Å². The summed E-state index contributed by atoms with van der Waals surface area (Å²) in [6.45, 7) is 0.649. The van der Waals surface area contributed by atoms with Gasteiger partial charge in [-0.15, -0.1) is 0 Å². The number of hydrogen-bond donors (Lipinski definition) is 2. The van der Waals surface area contributed by atoms with Crippen LogP contribution >= 0.6 is 0 Å². The number of nitrogens with two attached hydrogens (primary N) is 1. The van der Waals surface area contributed by atoms with E-state index in [2.05, 4.69) is 0 Å². The number of aliphatic hydroxyl groups is 1. The largest absolute Gasteiger partial charge is 0.394 e. The molecule has 0 saturated heterocycles. The number of benzene rings is 1. The lowest BCUT2D eigenvalue weighted by atomic mass is 10.0. The molecule has 0 radical (unpaired) electrons. The highest BCUT2D eigenvalue weighted by Crippen LogP contribution is 2.27. The third-order valence-corrected chi connectivity index (χ3v) is 2.04. The van der Waals surface area contributed by atoms with Crippen LogP contribution < -0.4 is 5.73 Å². The van der Waals surface area contributed by atoms with Crippen LogP contribution in [0, 0.1) is 0 Å². The van der Waals surface area contributed by atoms with Crippen LogP contribution in [0.5, 0.6) is 0 Å². The average Bonchev–Trinajstić information content (AvgIpc) is 2.15. The van der Waals surface area contributed by atoms with E-state index in [9.17, 15) is 8.78 Å². The summed E-state index contributed by atoms with van der Waals surface area (Å²) in [7, 11) is 0. The molecule has 0 saturated carbocycles. The normalized spacial score (nSPS) is 14.1. The highest BCUT2D eigenvalue weighted by Gasteiger charge is 2.23. The highest BCUT2D eigenvalue weighted by atomic mass is 19.3. The molecule has 0 fully saturated rings. The lowest BCUT2D eigenvalue weighted by Crippen LogP contribution is -2.15. The SMILES string of the molecule is CC(F)(F)c1ccc(C(N)CO)cc1. The zero-order valence-corrected chi connectivity index (χ0v) is 7.87. The molecule has 78 valence electrons. The van der Waals surface area contributed by atoms with Crippen molar-refractivity contribution < 1.29 is 13.9 Å². The second-order valence-corrected chi connectivity index (χ2v) is 3.30. The van der Waals surface area contributed by atoms with Crippen LogP contribution in [0.15, 0.2) is 24.3 Å². The molecule has 14 heavy (non-hydrogen) atoms. The molecule has 3 N–H and O–H groups in total. The van der Waals surface area contributed by atoms with E-state index in [0.717, 1.165) is 6.92 Å². The Hall–Kier alpha value is -1.00. The molecular formula is C10H13F2NO. The van der Waals surface area contributed by atoms with Gasteiger partial charge in [-0.05, 0) is 5.56 Å². The Balaban J connectivity index is 2.89. The zero-order valence-electron chi connectivity index (χ0n) is 7.87. The van der Waals surface area contributed by atoms with Gasteiger partial charge in [0, 0.05) is 12.5 Å². The number of alkyl halides is 2. The summed E-state index contributed by atoms with van der Waals surface area (Å²) in [5.41, 5.74) is 6.12. The molecule has 0 amide bonds. The minimum absolute atomic E-state index is 0.0496. The van der Waals surface area contributed by atoms with Crippen LogP contribution in [-0.4, -0.2) is 11.7 Å². The van der Waals surface area contributed by atoms with Crippen molar-refractivity contribution in [3.05, 3.63) is 35.4 Å². The third kappa shape index (κ3) is 2.49. The maximum Gasteiger partial charge on any atom is 0.270 e. The fourth-order valence-corrected chi connectivity index (χ4v) is 1.13. The predicted octanol–water partition coefficient (Wildman–Crippen LogP) is 1.79. The Morgan fingerprint density at radius 2 is 1.86 bits per heavy atom. The molecule has 0 aliphatic heterocycles. The van der Waals surface area contributed by atoms with Gasteiger partial charge in [0.1, 0.15) is 0 Å². The first-order valence-corrected chi connectivity index (χ1v) is 4.30. The van der Waals surface area contributed by atoms with Crippen molar-refractivity contribution in [2.75, 3.05) is 6.61 Å². The molecule has 0 bridgehead atoms. The van der Waals surface area contributed by atoms with E-state index < -0.39 is 12.0 Å². The van der Waals surface area contributed by atoms with Gasteiger partial charge in [-0.25, -0.2) is 8.78 Å². The first kappa shape index (κ1) is 11.1. The van der Waals surface area contributed by atoms with E-state index in [4.69, 9.17) is 10.8 Å². The van der Waals surface area contributed by atoms with Crippen LogP contribution in [0.25, 0.3) is 0 Å². The fraction of sp³-hybridized carbons (Fsp3) is 0.400. The van der Waals surface area contributed by atoms with Crippen molar-refractivity contribution in [3.63, 3.8) is 0 Å². The summed E-state index contributed by atoms with van der Waals surface area (Å²) in [4.78, 5) is 0. The van der Waals surface area contributed by atoms with Crippen molar-refractivity contribution in [2.45, 2.75) is 18.9 Å². The van der Waals surface area contributed by atoms with Crippen molar-refractivity contribution >= 4 is 0 Å². The van der Waals surface area contributed by atoms with Crippen molar-refractivity contribution in [2.24, 2.45) is 5.73 Å². The van der Waals surface area contributed by atoms with E-state index in [0.29, 0.717) is 5.56 Å². The van der Waals surface area contributed by atoms with Crippen LogP contribution in [-0.2, 0) is 5.92 Å². The summed E-state index contributed by atoms with van der Waals surface area (Å²) < 4.78 is 25.6. The quantitative estimate of drug-likeness (QED) is 0.783. The van der Waals surface area contributed by atoms with Crippen LogP contribution in [0.1, 0.15) is 24.1 Å². The molecule has 2 nitrogen and oxygen atoms in total. The smallest absolute Gasteiger partial charge is 0.270 e. The molecule has 1 aromatic rings. The first-order valence-electron chi connectivity index (χ1n) is 4.30. The van der Waals surface area contributed by atoms with Gasteiger partial charge in [0.25, 0.3) is 5.92 Å². The zero-order chi connectivity index (χ0) is 10.8. The molecule has 1 unspecified atom stereocenters. The predicted molar refractivity (Wildman–Crippen MR) is 50.0 cm³/mol. The number of hydrogen-bond acceptors (Lipinski definition) is 2. The molecular weight excluding hydrogens is 188 g/mol. The summed E-state index contributed by atoms with van der Waals surface area (Å²) >= 11 is 0. The monoisotopic (exact) mass is 201 g/mol. The molecule has 0 aliphatic carbocycles. The molecule has 0 aliphatic rings. The first-order chi connectivity index (χ1) is 6.45. The molecule has 0 spiro atoms. The Labute approximate surface area is 81.4 Å². The lowest BCUT2D eigenvalue weighted by molar-refractivity contribution is 0.0174. The van der Waals surface area contributed by atoms with Gasteiger partial charge in [0.05, 0.1) is 12.6 Å². The van der Waals surface area contributed by atoms with E-state index in [1.807, 2.05) is 0 Å². The van der Waals surface area contributed by atoms with Crippen molar-refractivity contribution in [1.29, 1.82) is 0 Å². The third-order valence-electron chi connectivity index (χ3n) is 2.04. The number of rotatable bonds is 3. The number of halogens is 2. The van der Waals surface area contributed by atoms with Gasteiger partial charge in [-0.1, -0.05) is 24.3 Å². The fourth-order valence-electron chi connectivity index (χ4n) is 1.13. The van der Waals surface area contributed by atoms with Crippen LogP contribution in [0.2, 0.25) is 0 Å². The van der Waals surface area contributed by atoms with Crippen molar-refractivity contribution in [3.8, 4) is 0 Å². The molecule has 1 atom stereocenters. The van der Waals surface area contributed by atoms with Crippen LogP contribution in [0.3, 0.4) is 0 Å². The maximum atomic E-state index is 12.8. The van der Waals surface area contributed by atoms with Crippen molar-refractivity contribution in [1.82, 2.24) is 0 Å². The van der Waals surface area contributed by atoms with E-state index in [1.165, 1.54) is 24.3 Å². The van der Waals surface area contributed by atoms with E-state index in [-0.39, 0.29) is 12.2 Å². The molecule has 1 rings (SSSR count). The van der Waals surface area contributed by atoms with E-state index >= 15 is 0 Å². The number of aliphatic hydroxyl groups excluding tert-OH is 1. The second-order valence-electron chi connectivity index (χ2n) is 3.30. The Bertz CT molecular complexity index is 292.